The molecular weight excluding hydrogens is 284 g/mol. The van der Waals surface area contributed by atoms with Gasteiger partial charge in [-0.3, -0.25) is 9.59 Å². The number of carbonyl (C=O) groups excluding carboxylic acids is 2. The third-order valence-electron chi connectivity index (χ3n) is 4.97. The Kier molecular flexibility index (Phi) is 5.92. The molecule has 2 heteroatoms. The highest BCUT2D eigenvalue weighted by Crippen LogP contribution is 2.31. The van der Waals surface area contributed by atoms with Crippen LogP contribution in [-0.2, 0) is 0 Å². The zero-order valence-electron chi connectivity index (χ0n) is 14.9. The Balaban J connectivity index is 2.12. The summed E-state index contributed by atoms with van der Waals surface area (Å²) in [6, 6.07) is 3.76. The highest BCUT2D eigenvalue weighted by molar-refractivity contribution is 6.26. The lowest BCUT2D eigenvalue weighted by Crippen LogP contribution is -2.21. The molecule has 0 aliphatic heterocycles. The average Bonchev–Trinajstić information content (AvgIpc) is 2.53. The van der Waals surface area contributed by atoms with Crippen LogP contribution in [0, 0.1) is 13.8 Å². The average molecular weight is 312 g/mol. The van der Waals surface area contributed by atoms with E-state index in [0.29, 0.717) is 16.7 Å². The van der Waals surface area contributed by atoms with E-state index in [-0.39, 0.29) is 11.6 Å². The topological polar surface area (TPSA) is 34.1 Å². The van der Waals surface area contributed by atoms with Gasteiger partial charge < -0.3 is 0 Å². The van der Waals surface area contributed by atoms with E-state index in [1.807, 2.05) is 32.9 Å². The third-order valence-corrected chi connectivity index (χ3v) is 4.97. The van der Waals surface area contributed by atoms with Gasteiger partial charge in [-0.2, -0.15) is 0 Å². The van der Waals surface area contributed by atoms with Crippen LogP contribution < -0.4 is 0 Å². The van der Waals surface area contributed by atoms with E-state index >= 15 is 0 Å². The quantitative estimate of drug-likeness (QED) is 0.601. The van der Waals surface area contributed by atoms with Crippen molar-refractivity contribution in [3.63, 3.8) is 0 Å². The van der Waals surface area contributed by atoms with Crippen LogP contribution in [0.3, 0.4) is 0 Å². The van der Waals surface area contributed by atoms with Crippen LogP contribution in [0.5, 0.6) is 0 Å². The Hall–Kier alpha value is -1.70. The van der Waals surface area contributed by atoms with Crippen molar-refractivity contribution in [2.24, 2.45) is 0 Å². The zero-order valence-corrected chi connectivity index (χ0v) is 14.9. The highest BCUT2D eigenvalue weighted by atomic mass is 16.1. The van der Waals surface area contributed by atoms with E-state index in [0.717, 1.165) is 36.0 Å². The third kappa shape index (κ3) is 3.80. The Bertz CT molecular complexity index is 650. The molecule has 1 aromatic rings. The van der Waals surface area contributed by atoms with E-state index in [2.05, 4.69) is 6.92 Å². The molecule has 0 saturated carbocycles. The summed E-state index contributed by atoms with van der Waals surface area (Å²) >= 11 is 0. The van der Waals surface area contributed by atoms with Crippen LogP contribution in [0.15, 0.2) is 23.3 Å². The van der Waals surface area contributed by atoms with E-state index in [9.17, 15) is 9.59 Å². The maximum absolute atomic E-state index is 12.8. The lowest BCUT2D eigenvalue weighted by Gasteiger charge is -2.20. The van der Waals surface area contributed by atoms with E-state index in [1.54, 1.807) is 0 Å². The van der Waals surface area contributed by atoms with E-state index < -0.39 is 0 Å². The highest BCUT2D eigenvalue weighted by Gasteiger charge is 2.29. The molecule has 1 aromatic carbocycles. The number of Topliss-reactive ketones (excluding diaryl/α,β-unsaturated/α-hetero) is 2. The van der Waals surface area contributed by atoms with Crippen LogP contribution in [0.4, 0.5) is 0 Å². The predicted molar refractivity (Wildman–Crippen MR) is 95.3 cm³/mol. The van der Waals surface area contributed by atoms with Crippen molar-refractivity contribution in [2.75, 3.05) is 0 Å². The van der Waals surface area contributed by atoms with Gasteiger partial charge in [0, 0.05) is 22.3 Å². The maximum Gasteiger partial charge on any atom is 0.190 e. The molecule has 1 aliphatic rings. The molecule has 0 radical (unpaired) electrons. The molecule has 0 unspecified atom stereocenters. The summed E-state index contributed by atoms with van der Waals surface area (Å²) in [5, 5.41) is 0. The molecule has 0 bridgehead atoms. The molecule has 0 spiro atoms. The number of rotatable bonds is 7. The first-order valence-electron chi connectivity index (χ1n) is 8.87. The van der Waals surface area contributed by atoms with Crippen LogP contribution >= 0.6 is 0 Å². The normalized spacial score (nSPS) is 14.4. The minimum Gasteiger partial charge on any atom is -0.289 e. The molecule has 0 amide bonds. The lowest BCUT2D eigenvalue weighted by atomic mass is 9.81. The fourth-order valence-corrected chi connectivity index (χ4v) is 3.25. The molecule has 2 nitrogen and oxygen atoms in total. The van der Waals surface area contributed by atoms with Crippen LogP contribution in [0.1, 0.15) is 90.6 Å². The van der Waals surface area contributed by atoms with Crippen molar-refractivity contribution >= 4 is 11.6 Å². The molecule has 0 aromatic heterocycles. The first-order chi connectivity index (χ1) is 11.0. The predicted octanol–water partition coefficient (Wildman–Crippen LogP) is 5.75. The van der Waals surface area contributed by atoms with Gasteiger partial charge in [0.25, 0.3) is 0 Å². The number of unbranched alkanes of at least 4 members (excludes halogenated alkanes) is 5. The lowest BCUT2D eigenvalue weighted by molar-refractivity contribution is 0.0971. The maximum atomic E-state index is 12.8. The van der Waals surface area contributed by atoms with Crippen LogP contribution in [-0.4, -0.2) is 11.6 Å². The summed E-state index contributed by atoms with van der Waals surface area (Å²) in [5.74, 6) is 0.0949. The second kappa shape index (κ2) is 7.72. The summed E-state index contributed by atoms with van der Waals surface area (Å²) in [7, 11) is 0. The molecule has 23 heavy (non-hydrogen) atoms. The van der Waals surface area contributed by atoms with Gasteiger partial charge in [-0.25, -0.2) is 0 Å². The molecule has 1 aliphatic carbocycles. The van der Waals surface area contributed by atoms with Gasteiger partial charge >= 0.3 is 0 Å². The van der Waals surface area contributed by atoms with Crippen molar-refractivity contribution in [1.29, 1.82) is 0 Å². The standard InChI is InChI=1S/C21H28O2/c1-5-6-7-8-9-10-11-17-16(4)20(22)18-12-14(2)15(3)13-19(18)21(17)23/h12-13H,5-11H2,1-4H3. The second-order valence-electron chi connectivity index (χ2n) is 6.76. The number of benzene rings is 1. The van der Waals surface area contributed by atoms with Crippen LogP contribution in [0.25, 0.3) is 0 Å². The number of allylic oxidation sites excluding steroid dienone is 2. The summed E-state index contributed by atoms with van der Waals surface area (Å²) in [6.45, 7) is 8.00. The number of hydrogen-bond acceptors (Lipinski definition) is 2. The van der Waals surface area contributed by atoms with Crippen LogP contribution in [0.2, 0.25) is 0 Å². The largest absolute Gasteiger partial charge is 0.289 e. The van der Waals surface area contributed by atoms with Gasteiger partial charge in [0.1, 0.15) is 0 Å². The molecule has 0 heterocycles. The summed E-state index contributed by atoms with van der Waals surface area (Å²) in [4.78, 5) is 25.4. The summed E-state index contributed by atoms with van der Waals surface area (Å²) in [5.41, 5.74) is 4.72. The minimum atomic E-state index is 0.0312. The SMILES string of the molecule is CCCCCCCCC1=C(C)C(=O)c2cc(C)c(C)cc2C1=O. The van der Waals surface area contributed by atoms with Gasteiger partial charge in [-0.05, 0) is 56.9 Å². The molecule has 124 valence electrons. The molecular formula is C21H28O2. The number of fused-ring (bicyclic) bond motifs is 1. The summed E-state index contributed by atoms with van der Waals surface area (Å²) < 4.78 is 0. The fraction of sp³-hybridized carbons (Fsp3) is 0.524. The molecule has 0 N–H and O–H groups in total. The second-order valence-corrected chi connectivity index (χ2v) is 6.76. The summed E-state index contributed by atoms with van der Waals surface area (Å²) in [6.07, 6.45) is 7.88. The van der Waals surface area contributed by atoms with Gasteiger partial charge in [0.15, 0.2) is 11.6 Å². The Morgan fingerprint density at radius 3 is 1.87 bits per heavy atom. The van der Waals surface area contributed by atoms with Crippen molar-refractivity contribution in [1.82, 2.24) is 0 Å². The Morgan fingerprint density at radius 1 is 0.739 bits per heavy atom. The first kappa shape index (κ1) is 17.7. The van der Waals surface area contributed by atoms with Crippen molar-refractivity contribution < 1.29 is 9.59 Å². The van der Waals surface area contributed by atoms with Gasteiger partial charge in [0.05, 0.1) is 0 Å². The zero-order chi connectivity index (χ0) is 17.0. The molecule has 0 fully saturated rings. The molecule has 0 saturated heterocycles. The number of carbonyl (C=O) groups is 2. The van der Waals surface area contributed by atoms with Crippen molar-refractivity contribution in [2.45, 2.75) is 72.6 Å². The minimum absolute atomic E-state index is 0.0312. The molecule has 0 atom stereocenters. The monoisotopic (exact) mass is 312 g/mol. The Labute approximate surface area is 140 Å². The number of ketones is 2. The number of hydrogen-bond donors (Lipinski definition) is 0. The van der Waals surface area contributed by atoms with Crippen molar-refractivity contribution in [3.05, 3.63) is 45.5 Å². The number of aryl methyl sites for hydroxylation is 2. The Morgan fingerprint density at radius 2 is 1.26 bits per heavy atom. The van der Waals surface area contributed by atoms with E-state index in [4.69, 9.17) is 0 Å². The van der Waals surface area contributed by atoms with Crippen molar-refractivity contribution in [3.8, 4) is 0 Å². The first-order valence-corrected chi connectivity index (χ1v) is 8.87. The molecule has 2 rings (SSSR count). The van der Waals surface area contributed by atoms with E-state index in [1.165, 1.54) is 25.7 Å². The smallest absolute Gasteiger partial charge is 0.190 e. The fourth-order valence-electron chi connectivity index (χ4n) is 3.25. The van der Waals surface area contributed by atoms with Gasteiger partial charge in [-0.15, -0.1) is 0 Å². The van der Waals surface area contributed by atoms with Gasteiger partial charge in [-0.1, -0.05) is 39.0 Å². The van der Waals surface area contributed by atoms with Gasteiger partial charge in [0.2, 0.25) is 0 Å².